The first-order valence-corrected chi connectivity index (χ1v) is 10.6. The van der Waals surface area contributed by atoms with Gasteiger partial charge in [-0.2, -0.15) is 13.2 Å². The predicted octanol–water partition coefficient (Wildman–Crippen LogP) is 5.06. The third-order valence-corrected chi connectivity index (χ3v) is 4.90. The number of aliphatic carboxylic acids is 1. The number of aromatic nitrogens is 1. The highest BCUT2D eigenvalue weighted by molar-refractivity contribution is 9.10. The predicted molar refractivity (Wildman–Crippen MR) is 124 cm³/mol. The zero-order valence-electron chi connectivity index (χ0n) is 17.9. The molecule has 0 aliphatic carbocycles. The van der Waals surface area contributed by atoms with Crippen molar-refractivity contribution >= 4 is 33.7 Å². The average molecular weight is 540 g/mol. The molecule has 0 atom stereocenters. The van der Waals surface area contributed by atoms with E-state index >= 15 is 0 Å². The lowest BCUT2D eigenvalue weighted by Gasteiger charge is -2.05. The van der Waals surface area contributed by atoms with E-state index in [2.05, 4.69) is 15.9 Å². The molecule has 180 valence electrons. The Kier molecular flexibility index (Phi) is 9.02. The molecular formula is C23H21BrF3N3O4. The molecule has 11 heteroatoms. The van der Waals surface area contributed by atoms with Crippen LogP contribution in [0, 0.1) is 5.41 Å². The number of carboxylic acids is 1. The lowest BCUT2D eigenvalue weighted by Crippen LogP contribution is -2.21. The van der Waals surface area contributed by atoms with E-state index in [-0.39, 0.29) is 11.8 Å². The van der Waals surface area contributed by atoms with Gasteiger partial charge in [-0.15, -0.1) is 0 Å². The van der Waals surface area contributed by atoms with Gasteiger partial charge in [0.25, 0.3) is 0 Å². The number of nitrogens with two attached hydrogens (primary N) is 1. The number of nitrogens with one attached hydrogen (secondary N) is 1. The maximum absolute atomic E-state index is 12.4. The number of carboxylic acid groups (broad SMARTS) is 1. The number of rotatable bonds is 6. The van der Waals surface area contributed by atoms with Crippen LogP contribution < -0.4 is 5.73 Å². The summed E-state index contributed by atoms with van der Waals surface area (Å²) in [7, 11) is 0. The zero-order chi connectivity index (χ0) is 25.5. The molecule has 0 saturated carbocycles. The molecule has 4 N–H and O–H groups in total. The standard InChI is InChI=1S/C21H20BrN3O2.C2HF3O2/c1-2-27-21(26)19-13-25(11-14-4-3-5-16(10-14)20(23)24)12-18(19)15-6-8-17(22)9-7-15;3-2(4,5)1(6)7/h3-10,12-13H,2,11H2,1H3,(H3,23,24);(H,6,7). The van der Waals surface area contributed by atoms with Gasteiger partial charge in [-0.05, 0) is 36.2 Å². The van der Waals surface area contributed by atoms with Gasteiger partial charge >= 0.3 is 18.1 Å². The van der Waals surface area contributed by atoms with Crippen molar-refractivity contribution < 1.29 is 32.6 Å². The van der Waals surface area contributed by atoms with Crippen molar-refractivity contribution in [2.75, 3.05) is 6.61 Å². The normalized spacial score (nSPS) is 10.7. The minimum absolute atomic E-state index is 0.0344. The van der Waals surface area contributed by atoms with Crippen LogP contribution in [0.2, 0.25) is 0 Å². The largest absolute Gasteiger partial charge is 0.490 e. The minimum Gasteiger partial charge on any atom is -0.475 e. The van der Waals surface area contributed by atoms with Gasteiger partial charge in [-0.1, -0.05) is 46.3 Å². The molecule has 1 aromatic heterocycles. The van der Waals surface area contributed by atoms with Crippen LogP contribution in [0.1, 0.15) is 28.4 Å². The fraction of sp³-hybridized carbons (Fsp3) is 0.174. The van der Waals surface area contributed by atoms with Crippen molar-refractivity contribution in [3.63, 3.8) is 0 Å². The van der Waals surface area contributed by atoms with Gasteiger partial charge in [0.15, 0.2) is 0 Å². The molecule has 0 fully saturated rings. The summed E-state index contributed by atoms with van der Waals surface area (Å²) in [4.78, 5) is 21.3. The van der Waals surface area contributed by atoms with Crippen LogP contribution in [0.3, 0.4) is 0 Å². The fourth-order valence-electron chi connectivity index (χ4n) is 2.88. The lowest BCUT2D eigenvalue weighted by atomic mass is 10.1. The van der Waals surface area contributed by atoms with Crippen LogP contribution >= 0.6 is 15.9 Å². The number of hydrogen-bond acceptors (Lipinski definition) is 4. The monoisotopic (exact) mass is 539 g/mol. The van der Waals surface area contributed by atoms with Crippen LogP contribution in [0.25, 0.3) is 11.1 Å². The van der Waals surface area contributed by atoms with E-state index in [1.54, 1.807) is 19.2 Å². The average Bonchev–Trinajstić information content (AvgIpc) is 3.18. The summed E-state index contributed by atoms with van der Waals surface area (Å²) in [5.74, 6) is -3.06. The Balaban J connectivity index is 0.000000509. The number of nitrogens with zero attached hydrogens (tertiary/aromatic N) is 1. The number of carbonyl (C=O) groups is 2. The zero-order valence-corrected chi connectivity index (χ0v) is 19.5. The van der Waals surface area contributed by atoms with Gasteiger partial charge in [0.2, 0.25) is 0 Å². The number of hydrogen-bond donors (Lipinski definition) is 3. The maximum atomic E-state index is 12.4. The summed E-state index contributed by atoms with van der Waals surface area (Å²) < 4.78 is 39.9. The highest BCUT2D eigenvalue weighted by Crippen LogP contribution is 2.27. The number of esters is 1. The van der Waals surface area contributed by atoms with Crippen molar-refractivity contribution in [1.29, 1.82) is 5.41 Å². The Morgan fingerprint density at radius 3 is 2.29 bits per heavy atom. The van der Waals surface area contributed by atoms with Gasteiger partial charge < -0.3 is 20.1 Å². The Bertz CT molecular complexity index is 1170. The molecule has 3 rings (SSSR count). The molecule has 7 nitrogen and oxygen atoms in total. The third-order valence-electron chi connectivity index (χ3n) is 4.38. The van der Waals surface area contributed by atoms with Crippen LogP contribution in [0.4, 0.5) is 13.2 Å². The van der Waals surface area contributed by atoms with Crippen molar-refractivity contribution in [1.82, 2.24) is 4.57 Å². The molecule has 3 aromatic rings. The Labute approximate surface area is 201 Å². The van der Waals surface area contributed by atoms with E-state index in [1.807, 2.05) is 53.2 Å². The van der Waals surface area contributed by atoms with Crippen LogP contribution in [0.5, 0.6) is 0 Å². The van der Waals surface area contributed by atoms with Gasteiger partial charge in [0.1, 0.15) is 5.84 Å². The number of halogens is 4. The summed E-state index contributed by atoms with van der Waals surface area (Å²) in [5.41, 5.74) is 9.55. The summed E-state index contributed by atoms with van der Waals surface area (Å²) in [5, 5.41) is 14.7. The Hall–Kier alpha value is -3.60. The second kappa shape index (κ2) is 11.5. The summed E-state index contributed by atoms with van der Waals surface area (Å²) >= 11 is 3.43. The van der Waals surface area contributed by atoms with E-state index in [4.69, 9.17) is 25.8 Å². The van der Waals surface area contributed by atoms with Crippen molar-refractivity contribution in [2.45, 2.75) is 19.6 Å². The molecule has 0 aliphatic rings. The molecule has 0 spiro atoms. The molecule has 2 aromatic carbocycles. The molecule has 0 bridgehead atoms. The maximum Gasteiger partial charge on any atom is 0.490 e. The third kappa shape index (κ3) is 7.48. The second-order valence-corrected chi connectivity index (χ2v) is 7.82. The van der Waals surface area contributed by atoms with Gasteiger partial charge in [0.05, 0.1) is 12.2 Å². The van der Waals surface area contributed by atoms with Crippen LogP contribution in [-0.2, 0) is 16.1 Å². The smallest absolute Gasteiger partial charge is 0.475 e. The van der Waals surface area contributed by atoms with Crippen molar-refractivity contribution in [3.05, 3.63) is 82.1 Å². The van der Waals surface area contributed by atoms with E-state index < -0.39 is 12.1 Å². The number of alkyl halides is 3. The van der Waals surface area contributed by atoms with Crippen LogP contribution in [0.15, 0.2) is 65.4 Å². The molecule has 0 radical (unpaired) electrons. The molecular weight excluding hydrogens is 519 g/mol. The van der Waals surface area contributed by atoms with Gasteiger partial charge in [-0.3, -0.25) is 5.41 Å². The minimum atomic E-state index is -5.08. The molecule has 34 heavy (non-hydrogen) atoms. The molecule has 0 unspecified atom stereocenters. The number of carbonyl (C=O) groups excluding carboxylic acids is 1. The molecule has 1 heterocycles. The quantitative estimate of drug-likeness (QED) is 0.230. The summed E-state index contributed by atoms with van der Waals surface area (Å²) in [6, 6.07) is 15.3. The van der Waals surface area contributed by atoms with Gasteiger partial charge in [-0.25, -0.2) is 9.59 Å². The Morgan fingerprint density at radius 2 is 1.76 bits per heavy atom. The Morgan fingerprint density at radius 1 is 1.15 bits per heavy atom. The number of ether oxygens (including phenoxy) is 1. The first kappa shape index (κ1) is 26.7. The number of benzene rings is 2. The van der Waals surface area contributed by atoms with Gasteiger partial charge in [0, 0.05) is 34.5 Å². The highest BCUT2D eigenvalue weighted by Gasteiger charge is 2.38. The van der Waals surface area contributed by atoms with Crippen LogP contribution in [-0.4, -0.2) is 40.2 Å². The first-order valence-electron chi connectivity index (χ1n) is 9.78. The second-order valence-electron chi connectivity index (χ2n) is 6.90. The topological polar surface area (TPSA) is 118 Å². The fourth-order valence-corrected chi connectivity index (χ4v) is 3.14. The van der Waals surface area contributed by atoms with Crippen molar-refractivity contribution in [2.24, 2.45) is 5.73 Å². The summed E-state index contributed by atoms with van der Waals surface area (Å²) in [6.07, 6.45) is -1.34. The lowest BCUT2D eigenvalue weighted by molar-refractivity contribution is -0.192. The molecule has 0 amide bonds. The van der Waals surface area contributed by atoms with Crippen molar-refractivity contribution in [3.8, 4) is 11.1 Å². The number of amidine groups is 1. The molecule has 0 saturated heterocycles. The van der Waals surface area contributed by atoms with E-state index in [9.17, 15) is 18.0 Å². The van der Waals surface area contributed by atoms with E-state index in [0.717, 1.165) is 21.2 Å². The van der Waals surface area contributed by atoms with E-state index in [1.165, 1.54) is 0 Å². The highest BCUT2D eigenvalue weighted by atomic mass is 79.9. The summed E-state index contributed by atoms with van der Waals surface area (Å²) in [6.45, 7) is 2.68. The first-order chi connectivity index (χ1) is 15.9. The SMILES string of the molecule is CCOC(=O)c1cn(Cc2cccc(C(=N)N)c2)cc1-c1ccc(Br)cc1.O=C(O)C(F)(F)F. The van der Waals surface area contributed by atoms with E-state index in [0.29, 0.717) is 24.3 Å². The number of nitrogen functional groups attached to an aromatic ring is 1. The molecule has 0 aliphatic heterocycles.